The van der Waals surface area contributed by atoms with Crippen LogP contribution in [0.15, 0.2) is 0 Å². The van der Waals surface area contributed by atoms with Gasteiger partial charge in [0, 0.05) is 18.1 Å². The second kappa shape index (κ2) is 5.00. The standard InChI is InChI=1S/C10H22N2O3S/c1-10(2,12-16(3,14)15)7-11-8-5-4-6-9(8)13/h8-9,11-13H,4-7H2,1-3H3. The highest BCUT2D eigenvalue weighted by molar-refractivity contribution is 7.88. The van der Waals surface area contributed by atoms with Gasteiger partial charge in [-0.2, -0.15) is 0 Å². The Hall–Kier alpha value is -0.170. The highest BCUT2D eigenvalue weighted by Crippen LogP contribution is 2.19. The maximum Gasteiger partial charge on any atom is 0.209 e. The minimum absolute atomic E-state index is 0.0978. The van der Waals surface area contributed by atoms with Crippen LogP contribution in [0.3, 0.4) is 0 Å². The molecule has 0 spiro atoms. The molecule has 96 valence electrons. The average Bonchev–Trinajstić information content (AvgIpc) is 2.43. The third-order valence-corrected chi connectivity index (χ3v) is 3.67. The fourth-order valence-corrected chi connectivity index (χ4v) is 3.18. The Morgan fingerprint density at radius 1 is 1.38 bits per heavy atom. The van der Waals surface area contributed by atoms with E-state index in [1.165, 1.54) is 0 Å². The van der Waals surface area contributed by atoms with Gasteiger partial charge in [0.05, 0.1) is 12.4 Å². The molecule has 0 aliphatic heterocycles. The molecular formula is C10H22N2O3S. The Morgan fingerprint density at radius 3 is 2.44 bits per heavy atom. The van der Waals surface area contributed by atoms with E-state index in [1.807, 2.05) is 13.8 Å². The van der Waals surface area contributed by atoms with Crippen LogP contribution < -0.4 is 10.0 Å². The normalized spacial score (nSPS) is 27.2. The van der Waals surface area contributed by atoms with Crippen LogP contribution in [-0.4, -0.2) is 44.0 Å². The molecule has 1 fully saturated rings. The predicted octanol–water partition coefficient (Wildman–Crippen LogP) is -0.183. The van der Waals surface area contributed by atoms with Gasteiger partial charge in [0.2, 0.25) is 10.0 Å². The lowest BCUT2D eigenvalue weighted by Crippen LogP contribution is -2.52. The number of aliphatic hydroxyl groups excluding tert-OH is 1. The van der Waals surface area contributed by atoms with Gasteiger partial charge in [-0.05, 0) is 33.1 Å². The molecule has 5 nitrogen and oxygen atoms in total. The maximum atomic E-state index is 11.1. The number of nitrogens with one attached hydrogen (secondary N) is 2. The minimum atomic E-state index is -3.19. The van der Waals surface area contributed by atoms with E-state index in [4.69, 9.17) is 0 Å². The molecule has 0 aromatic carbocycles. The van der Waals surface area contributed by atoms with Crippen molar-refractivity contribution in [3.8, 4) is 0 Å². The summed E-state index contributed by atoms with van der Waals surface area (Å²) in [5.74, 6) is 0. The summed E-state index contributed by atoms with van der Waals surface area (Å²) in [4.78, 5) is 0. The van der Waals surface area contributed by atoms with Gasteiger partial charge >= 0.3 is 0 Å². The van der Waals surface area contributed by atoms with Crippen LogP contribution >= 0.6 is 0 Å². The molecule has 0 aromatic heterocycles. The molecule has 0 amide bonds. The van der Waals surface area contributed by atoms with E-state index in [0.717, 1.165) is 25.5 Å². The summed E-state index contributed by atoms with van der Waals surface area (Å²) in [5.41, 5.74) is -0.532. The first-order chi connectivity index (χ1) is 7.20. The quantitative estimate of drug-likeness (QED) is 0.632. The number of hydrogen-bond acceptors (Lipinski definition) is 4. The molecule has 2 atom stereocenters. The molecule has 0 aromatic rings. The first-order valence-corrected chi connectivity index (χ1v) is 7.49. The first kappa shape index (κ1) is 13.9. The molecule has 1 aliphatic rings. The summed E-state index contributed by atoms with van der Waals surface area (Å²) in [5, 5.41) is 12.8. The number of sulfonamides is 1. The van der Waals surface area contributed by atoms with Crippen molar-refractivity contribution in [2.24, 2.45) is 0 Å². The van der Waals surface area contributed by atoms with E-state index in [-0.39, 0.29) is 12.1 Å². The molecule has 0 saturated heterocycles. The van der Waals surface area contributed by atoms with E-state index < -0.39 is 15.6 Å². The summed E-state index contributed by atoms with van der Waals surface area (Å²) in [6, 6.07) is 0.0978. The molecule has 1 saturated carbocycles. The van der Waals surface area contributed by atoms with Crippen LogP contribution in [0.4, 0.5) is 0 Å². The second-order valence-corrected chi connectivity index (χ2v) is 6.99. The maximum absolute atomic E-state index is 11.1. The zero-order valence-corrected chi connectivity index (χ0v) is 11.0. The summed E-state index contributed by atoms with van der Waals surface area (Å²) < 4.78 is 24.8. The van der Waals surface area contributed by atoms with Crippen molar-refractivity contribution in [2.45, 2.75) is 50.8 Å². The van der Waals surface area contributed by atoms with Crippen LogP contribution in [0.2, 0.25) is 0 Å². The third-order valence-electron chi connectivity index (χ3n) is 2.75. The predicted molar refractivity (Wildman–Crippen MR) is 63.7 cm³/mol. The van der Waals surface area contributed by atoms with Gasteiger partial charge in [0.15, 0.2) is 0 Å². The topological polar surface area (TPSA) is 78.4 Å². The highest BCUT2D eigenvalue weighted by Gasteiger charge is 2.28. The Kier molecular flexibility index (Phi) is 4.34. The van der Waals surface area contributed by atoms with E-state index in [0.29, 0.717) is 6.54 Å². The molecule has 0 bridgehead atoms. The lowest BCUT2D eigenvalue weighted by molar-refractivity contribution is 0.146. The monoisotopic (exact) mass is 250 g/mol. The summed E-state index contributed by atoms with van der Waals surface area (Å²) in [6.07, 6.45) is 3.67. The summed E-state index contributed by atoms with van der Waals surface area (Å²) in [7, 11) is -3.19. The van der Waals surface area contributed by atoms with Gasteiger partial charge in [-0.15, -0.1) is 0 Å². The van der Waals surface area contributed by atoms with Crippen molar-refractivity contribution in [1.29, 1.82) is 0 Å². The van der Waals surface area contributed by atoms with Crippen LogP contribution in [0.25, 0.3) is 0 Å². The van der Waals surface area contributed by atoms with E-state index in [9.17, 15) is 13.5 Å². The Morgan fingerprint density at radius 2 is 2.00 bits per heavy atom. The lowest BCUT2D eigenvalue weighted by Gasteiger charge is -2.28. The number of hydrogen-bond donors (Lipinski definition) is 3. The zero-order valence-electron chi connectivity index (χ0n) is 10.2. The molecule has 2 unspecified atom stereocenters. The third kappa shape index (κ3) is 4.78. The number of aliphatic hydroxyl groups is 1. The van der Waals surface area contributed by atoms with E-state index in [2.05, 4.69) is 10.0 Å². The van der Waals surface area contributed by atoms with Crippen molar-refractivity contribution in [3.05, 3.63) is 0 Å². The molecule has 0 heterocycles. The van der Waals surface area contributed by atoms with E-state index >= 15 is 0 Å². The van der Waals surface area contributed by atoms with Gasteiger partial charge in [0.1, 0.15) is 0 Å². The molecule has 16 heavy (non-hydrogen) atoms. The van der Waals surface area contributed by atoms with Gasteiger partial charge < -0.3 is 10.4 Å². The van der Waals surface area contributed by atoms with Crippen LogP contribution in [-0.2, 0) is 10.0 Å². The van der Waals surface area contributed by atoms with E-state index in [1.54, 1.807) is 0 Å². The Labute approximate surface area is 97.7 Å². The summed E-state index contributed by atoms with van der Waals surface area (Å²) in [6.45, 7) is 4.16. The van der Waals surface area contributed by atoms with Crippen LogP contribution in [0.5, 0.6) is 0 Å². The fourth-order valence-electron chi connectivity index (χ4n) is 2.10. The molecule has 0 radical (unpaired) electrons. The van der Waals surface area contributed by atoms with Gasteiger partial charge in [0.25, 0.3) is 0 Å². The first-order valence-electron chi connectivity index (χ1n) is 5.60. The van der Waals surface area contributed by atoms with Gasteiger partial charge in [-0.25, -0.2) is 13.1 Å². The Bertz CT molecular complexity index is 327. The smallest absolute Gasteiger partial charge is 0.209 e. The van der Waals surface area contributed by atoms with Crippen molar-refractivity contribution < 1.29 is 13.5 Å². The van der Waals surface area contributed by atoms with Gasteiger partial charge in [-0.3, -0.25) is 0 Å². The van der Waals surface area contributed by atoms with Crippen molar-refractivity contribution >= 4 is 10.0 Å². The summed E-state index contributed by atoms with van der Waals surface area (Å²) >= 11 is 0. The molecule has 3 N–H and O–H groups in total. The molecule has 1 aliphatic carbocycles. The second-order valence-electron chi connectivity index (χ2n) is 5.24. The van der Waals surface area contributed by atoms with Crippen molar-refractivity contribution in [2.75, 3.05) is 12.8 Å². The number of rotatable bonds is 5. The van der Waals surface area contributed by atoms with Gasteiger partial charge in [-0.1, -0.05) is 0 Å². The van der Waals surface area contributed by atoms with Crippen molar-refractivity contribution in [1.82, 2.24) is 10.0 Å². The molecule has 6 heteroatoms. The molecule has 1 rings (SSSR count). The largest absolute Gasteiger partial charge is 0.392 e. The van der Waals surface area contributed by atoms with Crippen LogP contribution in [0, 0.1) is 0 Å². The highest BCUT2D eigenvalue weighted by atomic mass is 32.2. The van der Waals surface area contributed by atoms with Crippen molar-refractivity contribution in [3.63, 3.8) is 0 Å². The van der Waals surface area contributed by atoms with Crippen LogP contribution in [0.1, 0.15) is 33.1 Å². The SMILES string of the molecule is CC(C)(CNC1CCCC1O)NS(C)(=O)=O. The minimum Gasteiger partial charge on any atom is -0.392 e. The zero-order chi connectivity index (χ0) is 12.4. The molecular weight excluding hydrogens is 228 g/mol. The lowest BCUT2D eigenvalue weighted by atomic mass is 10.1. The fraction of sp³-hybridized carbons (Fsp3) is 1.00. The Balaban J connectivity index is 2.41. The average molecular weight is 250 g/mol.